The average Bonchev–Trinajstić information content (AvgIpc) is 3.79. The molecule has 226 valence electrons. The predicted molar refractivity (Wildman–Crippen MR) is 144 cm³/mol. The molecule has 7 nitrogen and oxygen atoms in total. The van der Waals surface area contributed by atoms with Crippen LogP contribution in [0.4, 0.5) is 22.0 Å². The zero-order chi connectivity index (χ0) is 30.7. The molecule has 1 aromatic heterocycles. The van der Waals surface area contributed by atoms with Gasteiger partial charge in [-0.15, -0.1) is 0 Å². The van der Waals surface area contributed by atoms with E-state index in [-0.39, 0.29) is 51.4 Å². The largest absolute Gasteiger partial charge is 0.493 e. The number of aliphatic hydroxyl groups is 1. The fourth-order valence-electron chi connectivity index (χ4n) is 4.12. The van der Waals surface area contributed by atoms with Gasteiger partial charge < -0.3 is 24.6 Å². The number of carbonyl (C=O) groups is 1. The predicted octanol–water partition coefficient (Wildman–Crippen LogP) is 6.18. The number of hydrogen-bond donors (Lipinski definition) is 2. The number of aromatic nitrogens is 1. The summed E-state index contributed by atoms with van der Waals surface area (Å²) in [4.78, 5) is 17.0. The molecule has 4 rings (SSSR count). The van der Waals surface area contributed by atoms with E-state index in [0.29, 0.717) is 5.75 Å². The highest BCUT2D eigenvalue weighted by Gasteiger charge is 2.56. The van der Waals surface area contributed by atoms with Crippen molar-refractivity contribution in [2.45, 2.75) is 44.1 Å². The van der Waals surface area contributed by atoms with Gasteiger partial charge in [-0.2, -0.15) is 13.2 Å². The van der Waals surface area contributed by atoms with Gasteiger partial charge in [-0.25, -0.2) is 13.8 Å². The number of rotatable bonds is 12. The zero-order valence-corrected chi connectivity index (χ0v) is 23.4. The second-order valence-electron chi connectivity index (χ2n) is 9.59. The molecule has 1 heterocycles. The first-order valence-electron chi connectivity index (χ1n) is 13.0. The van der Waals surface area contributed by atoms with Crippen molar-refractivity contribution < 1.29 is 46.1 Å². The number of nitrogens with one attached hydrogen (secondary N) is 1. The first kappa shape index (κ1) is 31.3. The van der Waals surface area contributed by atoms with Gasteiger partial charge in [0.2, 0.25) is 5.60 Å². The summed E-state index contributed by atoms with van der Waals surface area (Å²) >= 11 is 5.90. The SMILES string of the molecule is CCc1cc([C@@](O)(CNC(=O)c2ccc(OC3CC3)c(OC)c2)C(F)(F)F)nc(-c2ccc(F)c(Cl)c2)c1OCCF. The fourth-order valence-corrected chi connectivity index (χ4v) is 4.30. The Hall–Kier alpha value is -3.64. The Bertz CT molecular complexity index is 1450. The van der Waals surface area contributed by atoms with Gasteiger partial charge in [0.25, 0.3) is 5.91 Å². The van der Waals surface area contributed by atoms with Crippen LogP contribution in [0.5, 0.6) is 17.2 Å². The highest BCUT2D eigenvalue weighted by Crippen LogP contribution is 2.42. The van der Waals surface area contributed by atoms with Crippen molar-refractivity contribution in [2.75, 3.05) is 26.9 Å². The molecule has 13 heteroatoms. The molecule has 0 spiro atoms. The Morgan fingerprint density at radius 1 is 1.14 bits per heavy atom. The quantitative estimate of drug-likeness (QED) is 0.237. The van der Waals surface area contributed by atoms with Crippen molar-refractivity contribution in [3.05, 3.63) is 70.1 Å². The molecule has 42 heavy (non-hydrogen) atoms. The Morgan fingerprint density at radius 2 is 1.88 bits per heavy atom. The second kappa shape index (κ2) is 12.7. The smallest absolute Gasteiger partial charge is 0.424 e. The van der Waals surface area contributed by atoms with Gasteiger partial charge in [-0.3, -0.25) is 4.79 Å². The van der Waals surface area contributed by atoms with Crippen LogP contribution >= 0.6 is 11.6 Å². The monoisotopic (exact) mass is 614 g/mol. The third-order valence-corrected chi connectivity index (χ3v) is 6.88. The number of methoxy groups -OCH3 is 1. The van der Waals surface area contributed by atoms with E-state index in [2.05, 4.69) is 10.3 Å². The van der Waals surface area contributed by atoms with E-state index in [1.54, 1.807) is 6.92 Å². The lowest BCUT2D eigenvalue weighted by Crippen LogP contribution is -2.51. The molecule has 1 aliphatic rings. The summed E-state index contributed by atoms with van der Waals surface area (Å²) in [7, 11) is 1.36. The molecule has 2 N–H and O–H groups in total. The summed E-state index contributed by atoms with van der Waals surface area (Å²) in [6.45, 7) is -1.02. The summed E-state index contributed by atoms with van der Waals surface area (Å²) in [6.07, 6.45) is -3.39. The van der Waals surface area contributed by atoms with Gasteiger partial charge in [-0.05, 0) is 67.3 Å². The molecule has 3 aromatic rings. The molecule has 1 aliphatic carbocycles. The zero-order valence-electron chi connectivity index (χ0n) is 22.7. The van der Waals surface area contributed by atoms with Gasteiger partial charge in [0, 0.05) is 11.1 Å². The van der Waals surface area contributed by atoms with Gasteiger partial charge in [0.15, 0.2) is 11.5 Å². The molecule has 1 saturated carbocycles. The summed E-state index contributed by atoms with van der Waals surface area (Å²) in [6, 6.07) is 8.48. The first-order chi connectivity index (χ1) is 19.9. The molecule has 0 saturated heterocycles. The molecule has 2 aromatic carbocycles. The van der Waals surface area contributed by atoms with Crippen LogP contribution in [0, 0.1) is 5.82 Å². The maximum Gasteiger partial charge on any atom is 0.424 e. The lowest BCUT2D eigenvalue weighted by atomic mass is 9.94. The Kier molecular flexibility index (Phi) is 9.47. The van der Waals surface area contributed by atoms with E-state index in [0.717, 1.165) is 31.0 Å². The minimum atomic E-state index is -5.31. The number of hydrogen-bond acceptors (Lipinski definition) is 6. The summed E-state index contributed by atoms with van der Waals surface area (Å²) in [5.74, 6) is -1.13. The lowest BCUT2D eigenvalue weighted by molar-refractivity contribution is -0.265. The van der Waals surface area contributed by atoms with Crippen LogP contribution in [0.3, 0.4) is 0 Å². The maximum atomic E-state index is 14.5. The third-order valence-electron chi connectivity index (χ3n) is 6.59. The topological polar surface area (TPSA) is 89.9 Å². The maximum absolute atomic E-state index is 14.5. The van der Waals surface area contributed by atoms with E-state index >= 15 is 0 Å². The minimum Gasteiger partial charge on any atom is -0.493 e. The lowest BCUT2D eigenvalue weighted by Gasteiger charge is -2.31. The van der Waals surface area contributed by atoms with Gasteiger partial charge in [-0.1, -0.05) is 18.5 Å². The standard InChI is InChI=1S/C29H28ClF5N2O5/c1-3-16-14-24(37-25(26(16)41-11-10-31)17-4-8-21(32)20(30)12-17)28(39,29(33,34)35)15-36-27(38)18-5-9-22(23(13-18)40-2)42-19-6-7-19/h4-5,8-9,12-14,19,39H,3,6-7,10-11,15H2,1-2H3,(H,36,38)/t28-/m0/s1. The molecular formula is C29H28ClF5N2O5. The molecule has 0 bridgehead atoms. The third kappa shape index (κ3) is 6.70. The highest BCUT2D eigenvalue weighted by atomic mass is 35.5. The van der Waals surface area contributed by atoms with Crippen molar-refractivity contribution in [1.29, 1.82) is 0 Å². The number of amides is 1. The van der Waals surface area contributed by atoms with Crippen molar-refractivity contribution in [3.63, 3.8) is 0 Å². The van der Waals surface area contributed by atoms with Gasteiger partial charge in [0.1, 0.15) is 30.5 Å². The van der Waals surface area contributed by atoms with Crippen molar-refractivity contribution in [3.8, 4) is 28.5 Å². The number of pyridine rings is 1. The molecule has 1 atom stereocenters. The van der Waals surface area contributed by atoms with Crippen LogP contribution in [0.25, 0.3) is 11.3 Å². The van der Waals surface area contributed by atoms with E-state index in [9.17, 15) is 31.9 Å². The minimum absolute atomic E-state index is 0.0293. The summed E-state index contributed by atoms with van der Waals surface area (Å²) < 4.78 is 86.8. The van der Waals surface area contributed by atoms with Crippen LogP contribution in [-0.2, 0) is 12.0 Å². The van der Waals surface area contributed by atoms with Crippen LogP contribution in [0.15, 0.2) is 42.5 Å². The normalized spacial score (nSPS) is 14.7. The Balaban J connectivity index is 1.71. The average molecular weight is 615 g/mol. The van der Waals surface area contributed by atoms with Crippen LogP contribution < -0.4 is 19.5 Å². The molecule has 1 amide bonds. The molecule has 0 aliphatic heterocycles. The fraction of sp³-hybridized carbons (Fsp3) is 0.379. The van der Waals surface area contributed by atoms with E-state index in [1.807, 2.05) is 0 Å². The van der Waals surface area contributed by atoms with Crippen molar-refractivity contribution in [1.82, 2.24) is 10.3 Å². The summed E-state index contributed by atoms with van der Waals surface area (Å²) in [5, 5.41) is 12.9. The van der Waals surface area contributed by atoms with E-state index in [4.69, 9.17) is 25.8 Å². The highest BCUT2D eigenvalue weighted by molar-refractivity contribution is 6.31. The van der Waals surface area contributed by atoms with Gasteiger partial charge >= 0.3 is 6.18 Å². The molecule has 1 fully saturated rings. The molecular weight excluding hydrogens is 587 g/mol. The van der Waals surface area contributed by atoms with E-state index < -0.39 is 49.0 Å². The number of nitrogens with zero attached hydrogens (tertiary/aromatic N) is 1. The first-order valence-corrected chi connectivity index (χ1v) is 13.4. The van der Waals surface area contributed by atoms with Crippen LogP contribution in [-0.4, -0.2) is 55.2 Å². The molecule has 0 radical (unpaired) electrons. The summed E-state index contributed by atoms with van der Waals surface area (Å²) in [5.41, 5.74) is -4.54. The number of aryl methyl sites for hydroxylation is 1. The second-order valence-corrected chi connectivity index (χ2v) is 9.99. The van der Waals surface area contributed by atoms with Crippen LogP contribution in [0.1, 0.15) is 41.4 Å². The molecule has 0 unspecified atom stereocenters. The van der Waals surface area contributed by atoms with Crippen LogP contribution in [0.2, 0.25) is 5.02 Å². The number of carbonyl (C=O) groups excluding carboxylic acids is 1. The number of halogens is 6. The van der Waals surface area contributed by atoms with E-state index in [1.165, 1.54) is 31.4 Å². The number of ether oxygens (including phenoxy) is 3. The van der Waals surface area contributed by atoms with Crippen molar-refractivity contribution in [2.24, 2.45) is 0 Å². The van der Waals surface area contributed by atoms with Crippen molar-refractivity contribution >= 4 is 17.5 Å². The van der Waals surface area contributed by atoms with Gasteiger partial charge in [0.05, 0.1) is 30.5 Å². The number of alkyl halides is 4. The Morgan fingerprint density at radius 3 is 2.48 bits per heavy atom. The number of benzene rings is 2. The Labute approximate surface area is 243 Å².